The summed E-state index contributed by atoms with van der Waals surface area (Å²) in [5.41, 5.74) is 8.17. The van der Waals surface area contributed by atoms with E-state index in [0.29, 0.717) is 12.2 Å². The van der Waals surface area contributed by atoms with Crippen LogP contribution in [0, 0.1) is 11.3 Å². The van der Waals surface area contributed by atoms with Crippen LogP contribution >= 0.6 is 0 Å². The third-order valence-electron chi connectivity index (χ3n) is 5.91. The molecule has 0 unspecified atom stereocenters. The van der Waals surface area contributed by atoms with Crippen molar-refractivity contribution in [2.45, 2.75) is 33.4 Å². The van der Waals surface area contributed by atoms with Crippen LogP contribution in [-0.2, 0) is 19.6 Å². The number of benzene rings is 3. The van der Waals surface area contributed by atoms with E-state index in [2.05, 4.69) is 54.0 Å². The van der Waals surface area contributed by atoms with Gasteiger partial charge in [0, 0.05) is 29.7 Å². The summed E-state index contributed by atoms with van der Waals surface area (Å²) in [5, 5.41) is 9.66. The van der Waals surface area contributed by atoms with Gasteiger partial charge in [-0.05, 0) is 47.9 Å². The molecule has 1 aromatic heterocycles. The predicted molar refractivity (Wildman–Crippen MR) is 123 cm³/mol. The second-order valence-electron chi connectivity index (χ2n) is 7.84. The van der Waals surface area contributed by atoms with Gasteiger partial charge >= 0.3 is 0 Å². The largest absolute Gasteiger partial charge is 0.488 e. The van der Waals surface area contributed by atoms with E-state index in [9.17, 15) is 5.26 Å². The Balaban J connectivity index is 1.61. The van der Waals surface area contributed by atoms with Crippen LogP contribution in [0.2, 0.25) is 0 Å². The van der Waals surface area contributed by atoms with Gasteiger partial charge in [0.25, 0.3) is 0 Å². The molecule has 4 aromatic rings. The number of fused-ring (bicyclic) bond motifs is 3. The van der Waals surface area contributed by atoms with Gasteiger partial charge in [-0.3, -0.25) is 0 Å². The minimum absolute atomic E-state index is 0.480. The number of allylic oxidation sites excluding steroid dienone is 1. The number of rotatable bonds is 3. The molecule has 1 aliphatic rings. The number of aryl methyl sites for hydroxylation is 1. The van der Waals surface area contributed by atoms with Crippen molar-refractivity contribution < 1.29 is 4.74 Å². The number of nitriles is 1. The second-order valence-corrected chi connectivity index (χ2v) is 7.84. The third-order valence-corrected chi connectivity index (χ3v) is 5.91. The lowest BCUT2D eigenvalue weighted by molar-refractivity contribution is 0.307. The first-order chi connectivity index (χ1) is 15.2. The molecule has 2 heterocycles. The van der Waals surface area contributed by atoms with E-state index in [-0.39, 0.29) is 0 Å². The lowest BCUT2D eigenvalue weighted by Crippen LogP contribution is -2.06. The van der Waals surface area contributed by atoms with Crippen molar-refractivity contribution in [1.82, 2.24) is 9.55 Å². The van der Waals surface area contributed by atoms with Crippen LogP contribution in [0.1, 0.15) is 41.9 Å². The monoisotopic (exact) mass is 405 g/mol. The zero-order valence-electron chi connectivity index (χ0n) is 17.7. The van der Waals surface area contributed by atoms with Gasteiger partial charge in [0.2, 0.25) is 0 Å². The van der Waals surface area contributed by atoms with E-state index in [4.69, 9.17) is 9.72 Å². The van der Waals surface area contributed by atoms with Crippen LogP contribution in [0.15, 0.2) is 72.3 Å². The van der Waals surface area contributed by atoms with E-state index < -0.39 is 0 Å². The first-order valence-corrected chi connectivity index (χ1v) is 10.6. The van der Waals surface area contributed by atoms with E-state index in [1.54, 1.807) is 0 Å². The standard InChI is InChI=1S/C27H23N3O/c1-3-26-29-23-9-5-6-10-24(23)30(26)16-19-12-13-21-20(14-19)17-31-25-11-7-4-8-22(25)27(21)18(2)15-28/h4-14H,3,16-17H2,1-2H3. The summed E-state index contributed by atoms with van der Waals surface area (Å²) in [4.78, 5) is 4.80. The average Bonchev–Trinajstić information content (AvgIpc) is 3.07. The molecule has 0 saturated heterocycles. The number of hydrogen-bond donors (Lipinski definition) is 0. The summed E-state index contributed by atoms with van der Waals surface area (Å²) in [7, 11) is 0. The Morgan fingerprint density at radius 2 is 1.87 bits per heavy atom. The summed E-state index contributed by atoms with van der Waals surface area (Å²) in [6, 6.07) is 25.1. The Labute approximate surface area is 182 Å². The fourth-order valence-electron chi connectivity index (χ4n) is 4.42. The maximum Gasteiger partial charge on any atom is 0.127 e. The fraction of sp³-hybridized carbons (Fsp3) is 0.185. The number of aromatic nitrogens is 2. The first kappa shape index (κ1) is 19.1. The molecule has 152 valence electrons. The molecule has 0 radical (unpaired) electrons. The van der Waals surface area contributed by atoms with Crippen molar-refractivity contribution in [3.05, 3.63) is 100 Å². The van der Waals surface area contributed by atoms with Gasteiger partial charge in [-0.15, -0.1) is 0 Å². The lowest BCUT2D eigenvalue weighted by Gasteiger charge is -2.14. The zero-order chi connectivity index (χ0) is 21.4. The Morgan fingerprint density at radius 1 is 1.06 bits per heavy atom. The molecule has 31 heavy (non-hydrogen) atoms. The minimum atomic E-state index is 0.480. The molecule has 3 aromatic carbocycles. The summed E-state index contributed by atoms with van der Waals surface area (Å²) >= 11 is 0. The summed E-state index contributed by atoms with van der Waals surface area (Å²) in [6.45, 7) is 5.25. The van der Waals surface area contributed by atoms with Crippen LogP contribution in [0.3, 0.4) is 0 Å². The van der Waals surface area contributed by atoms with Gasteiger partial charge in [0.05, 0.1) is 17.1 Å². The molecular formula is C27H23N3O. The highest BCUT2D eigenvalue weighted by Gasteiger charge is 2.21. The normalized spacial score (nSPS) is 14.2. The van der Waals surface area contributed by atoms with Gasteiger partial charge in [-0.2, -0.15) is 5.26 Å². The molecule has 0 bridgehead atoms. The Hall–Kier alpha value is -3.84. The van der Waals surface area contributed by atoms with Gasteiger partial charge in [0.1, 0.15) is 18.2 Å². The molecule has 0 fully saturated rings. The van der Waals surface area contributed by atoms with Gasteiger partial charge in [0.15, 0.2) is 0 Å². The molecule has 0 aliphatic carbocycles. The first-order valence-electron chi connectivity index (χ1n) is 10.6. The Bertz CT molecular complexity index is 1370. The quantitative estimate of drug-likeness (QED) is 0.400. The van der Waals surface area contributed by atoms with E-state index in [1.165, 1.54) is 5.56 Å². The zero-order valence-corrected chi connectivity index (χ0v) is 17.7. The number of nitrogens with zero attached hydrogens (tertiary/aromatic N) is 3. The minimum Gasteiger partial charge on any atom is -0.488 e. The van der Waals surface area contributed by atoms with E-state index >= 15 is 0 Å². The number of para-hydroxylation sites is 3. The third kappa shape index (κ3) is 3.29. The molecule has 0 atom stereocenters. The van der Waals surface area contributed by atoms with Crippen molar-refractivity contribution in [3.8, 4) is 11.8 Å². The predicted octanol–water partition coefficient (Wildman–Crippen LogP) is 5.88. The maximum atomic E-state index is 9.66. The average molecular weight is 406 g/mol. The number of imidazole rings is 1. The summed E-state index contributed by atoms with van der Waals surface area (Å²) in [6.07, 6.45) is 0.881. The fourth-order valence-corrected chi connectivity index (χ4v) is 4.42. The highest BCUT2D eigenvalue weighted by molar-refractivity contribution is 5.88. The molecule has 4 nitrogen and oxygen atoms in total. The smallest absolute Gasteiger partial charge is 0.127 e. The highest BCUT2D eigenvalue weighted by atomic mass is 16.5. The number of hydrogen-bond acceptors (Lipinski definition) is 3. The molecule has 0 saturated carbocycles. The van der Waals surface area contributed by atoms with Gasteiger partial charge in [-0.25, -0.2) is 4.98 Å². The Kier molecular flexibility index (Phi) is 4.80. The van der Waals surface area contributed by atoms with Gasteiger partial charge in [-0.1, -0.05) is 49.4 Å². The van der Waals surface area contributed by atoms with Crippen molar-refractivity contribution in [2.75, 3.05) is 0 Å². The van der Waals surface area contributed by atoms with Crippen LogP contribution < -0.4 is 4.74 Å². The molecule has 0 amide bonds. The van der Waals surface area contributed by atoms with Crippen molar-refractivity contribution in [3.63, 3.8) is 0 Å². The molecule has 0 spiro atoms. The summed E-state index contributed by atoms with van der Waals surface area (Å²) < 4.78 is 8.43. The molecule has 0 N–H and O–H groups in total. The van der Waals surface area contributed by atoms with Crippen molar-refractivity contribution in [2.24, 2.45) is 0 Å². The molecule has 1 aliphatic heterocycles. The van der Waals surface area contributed by atoms with Crippen LogP contribution in [0.4, 0.5) is 0 Å². The maximum absolute atomic E-state index is 9.66. The molecule has 5 rings (SSSR count). The lowest BCUT2D eigenvalue weighted by atomic mass is 9.90. The van der Waals surface area contributed by atoms with Crippen LogP contribution in [-0.4, -0.2) is 9.55 Å². The molecule has 4 heteroatoms. The highest BCUT2D eigenvalue weighted by Crippen LogP contribution is 2.38. The van der Waals surface area contributed by atoms with Crippen molar-refractivity contribution >= 4 is 16.6 Å². The second kappa shape index (κ2) is 7.77. The van der Waals surface area contributed by atoms with E-state index in [0.717, 1.165) is 57.8 Å². The Morgan fingerprint density at radius 3 is 2.71 bits per heavy atom. The molecular weight excluding hydrogens is 382 g/mol. The topological polar surface area (TPSA) is 50.8 Å². The van der Waals surface area contributed by atoms with Crippen LogP contribution in [0.5, 0.6) is 5.75 Å². The van der Waals surface area contributed by atoms with Crippen LogP contribution in [0.25, 0.3) is 16.6 Å². The van der Waals surface area contributed by atoms with Gasteiger partial charge < -0.3 is 9.30 Å². The summed E-state index contributed by atoms with van der Waals surface area (Å²) in [5.74, 6) is 1.90. The number of ether oxygens (including phenoxy) is 1. The van der Waals surface area contributed by atoms with E-state index in [1.807, 2.05) is 37.3 Å². The SMILES string of the molecule is CCc1nc2ccccc2n1Cc1ccc2c(c1)COc1ccccc1C2=C(C)C#N. The van der Waals surface area contributed by atoms with Crippen molar-refractivity contribution in [1.29, 1.82) is 5.26 Å².